The summed E-state index contributed by atoms with van der Waals surface area (Å²) in [5, 5.41) is 5.58. The molecule has 2 aromatic rings. The minimum absolute atomic E-state index is 0.251. The highest BCUT2D eigenvalue weighted by atomic mass is 35.5. The molecule has 0 saturated heterocycles. The van der Waals surface area contributed by atoms with Gasteiger partial charge in [0, 0.05) is 18.8 Å². The molecule has 1 aromatic carbocycles. The Balaban J connectivity index is 2.43. The summed E-state index contributed by atoms with van der Waals surface area (Å²) in [7, 11) is 1.53. The minimum Gasteiger partial charge on any atom is -0.328 e. The molecule has 0 atom stereocenters. The van der Waals surface area contributed by atoms with Crippen molar-refractivity contribution in [2.45, 2.75) is 6.18 Å². The third-order valence-corrected chi connectivity index (χ3v) is 2.98. The van der Waals surface area contributed by atoms with Gasteiger partial charge in [0.1, 0.15) is 0 Å². The third-order valence-electron chi connectivity index (χ3n) is 2.65. The minimum atomic E-state index is -4.54. The highest BCUT2D eigenvalue weighted by molar-refractivity contribution is 6.31. The van der Waals surface area contributed by atoms with E-state index in [2.05, 4.69) is 10.2 Å². The van der Waals surface area contributed by atoms with E-state index in [1.54, 1.807) is 0 Å². The third kappa shape index (κ3) is 2.93. The fraction of sp³-hybridized carbons (Fsp3) is 0.167. The van der Waals surface area contributed by atoms with Crippen molar-refractivity contribution in [2.24, 2.45) is 0 Å². The molecule has 1 N–H and O–H groups in total. The van der Waals surface area contributed by atoms with E-state index in [0.717, 1.165) is 6.07 Å². The van der Waals surface area contributed by atoms with Crippen molar-refractivity contribution in [1.29, 1.82) is 0 Å². The fourth-order valence-electron chi connectivity index (χ4n) is 1.60. The second-order valence-electron chi connectivity index (χ2n) is 4.00. The Hall–Kier alpha value is -2.02. The normalized spacial score (nSPS) is 11.4. The van der Waals surface area contributed by atoms with Crippen LogP contribution in [0.5, 0.6) is 0 Å². The number of hydrogen-bond acceptors (Lipinski definition) is 3. The van der Waals surface area contributed by atoms with Gasteiger partial charge in [0.2, 0.25) is 0 Å². The topological polar surface area (TPSA) is 49.0 Å². The number of aromatic nitrogens is 2. The molecule has 0 radical (unpaired) electrons. The lowest BCUT2D eigenvalue weighted by Gasteiger charge is -2.19. The van der Waals surface area contributed by atoms with Crippen molar-refractivity contribution >= 4 is 23.1 Å². The van der Waals surface area contributed by atoms with E-state index >= 15 is 0 Å². The maximum atomic E-state index is 12.8. The summed E-state index contributed by atoms with van der Waals surface area (Å²) in [5.41, 5.74) is -1.07. The first-order chi connectivity index (χ1) is 9.29. The van der Waals surface area contributed by atoms with Crippen LogP contribution in [0.1, 0.15) is 5.56 Å². The molecule has 0 unspecified atom stereocenters. The first kappa shape index (κ1) is 14.4. The van der Waals surface area contributed by atoms with Gasteiger partial charge in [-0.05, 0) is 24.3 Å². The Morgan fingerprint density at radius 3 is 2.50 bits per heavy atom. The predicted molar refractivity (Wildman–Crippen MR) is 69.4 cm³/mol. The molecule has 0 aliphatic rings. The number of halogens is 4. The molecule has 0 spiro atoms. The summed E-state index contributed by atoms with van der Waals surface area (Å²) >= 11 is 5.55. The van der Waals surface area contributed by atoms with Gasteiger partial charge in [0.05, 0.1) is 10.6 Å². The van der Waals surface area contributed by atoms with Crippen LogP contribution in [-0.2, 0) is 6.18 Å². The quantitative estimate of drug-likeness (QED) is 0.927. The summed E-state index contributed by atoms with van der Waals surface area (Å²) in [6.07, 6.45) is -4.54. The standard InChI is InChI=1S/C12H9ClF3N3O/c1-19(10-4-5-11(20)18-17-10)7-2-3-9(13)8(6-7)12(14,15)16/h2-6H,1H3,(H,18,20). The zero-order chi connectivity index (χ0) is 14.9. The smallest absolute Gasteiger partial charge is 0.328 e. The molecule has 20 heavy (non-hydrogen) atoms. The van der Waals surface area contributed by atoms with E-state index in [9.17, 15) is 18.0 Å². The number of hydrogen-bond donors (Lipinski definition) is 1. The number of rotatable bonds is 2. The summed E-state index contributed by atoms with van der Waals surface area (Å²) in [6.45, 7) is 0. The Morgan fingerprint density at radius 1 is 1.25 bits per heavy atom. The molecule has 0 aliphatic carbocycles. The van der Waals surface area contributed by atoms with Crippen molar-refractivity contribution < 1.29 is 13.2 Å². The van der Waals surface area contributed by atoms with Crippen LogP contribution in [0.4, 0.5) is 24.7 Å². The van der Waals surface area contributed by atoms with Crippen LogP contribution in [0.25, 0.3) is 0 Å². The average Bonchev–Trinajstić information content (AvgIpc) is 2.38. The van der Waals surface area contributed by atoms with Gasteiger partial charge in [0.15, 0.2) is 5.82 Å². The molecule has 1 heterocycles. The lowest BCUT2D eigenvalue weighted by atomic mass is 10.2. The molecule has 106 valence electrons. The Labute approximate surface area is 116 Å². The Morgan fingerprint density at radius 2 is 1.95 bits per heavy atom. The van der Waals surface area contributed by atoms with Gasteiger partial charge in [0.25, 0.3) is 5.56 Å². The molecule has 1 aromatic heterocycles. The van der Waals surface area contributed by atoms with Crippen LogP contribution in [-0.4, -0.2) is 17.2 Å². The summed E-state index contributed by atoms with van der Waals surface area (Å²) < 4.78 is 38.3. The van der Waals surface area contributed by atoms with Crippen LogP contribution in [0.3, 0.4) is 0 Å². The Kier molecular flexibility index (Phi) is 3.71. The van der Waals surface area contributed by atoms with E-state index in [-0.39, 0.29) is 10.7 Å². The molecule has 2 rings (SSSR count). The highest BCUT2D eigenvalue weighted by Gasteiger charge is 2.33. The van der Waals surface area contributed by atoms with Crippen LogP contribution < -0.4 is 10.5 Å². The molecule has 0 bridgehead atoms. The van der Waals surface area contributed by atoms with Crippen molar-refractivity contribution in [1.82, 2.24) is 10.2 Å². The molecule has 4 nitrogen and oxygen atoms in total. The van der Waals surface area contributed by atoms with E-state index in [4.69, 9.17) is 11.6 Å². The van der Waals surface area contributed by atoms with Crippen molar-refractivity contribution in [2.75, 3.05) is 11.9 Å². The lowest BCUT2D eigenvalue weighted by Crippen LogP contribution is -2.16. The van der Waals surface area contributed by atoms with Gasteiger partial charge in [-0.3, -0.25) is 4.79 Å². The zero-order valence-electron chi connectivity index (χ0n) is 10.2. The van der Waals surface area contributed by atoms with E-state index in [1.807, 2.05) is 0 Å². The zero-order valence-corrected chi connectivity index (χ0v) is 11.0. The van der Waals surface area contributed by atoms with Gasteiger partial charge < -0.3 is 4.90 Å². The molecule has 8 heteroatoms. The second-order valence-corrected chi connectivity index (χ2v) is 4.41. The number of H-pyrrole nitrogens is 1. The largest absolute Gasteiger partial charge is 0.417 e. The van der Waals surface area contributed by atoms with Crippen LogP contribution in [0.15, 0.2) is 35.1 Å². The summed E-state index contributed by atoms with van der Waals surface area (Å²) in [4.78, 5) is 12.3. The number of aromatic amines is 1. The molecule has 0 amide bonds. The van der Waals surface area contributed by atoms with Crippen molar-refractivity contribution in [3.05, 3.63) is 51.3 Å². The second kappa shape index (κ2) is 5.16. The maximum absolute atomic E-state index is 12.8. The van der Waals surface area contributed by atoms with E-state index in [1.165, 1.54) is 36.2 Å². The van der Waals surface area contributed by atoms with Gasteiger partial charge in [-0.1, -0.05) is 11.6 Å². The van der Waals surface area contributed by atoms with E-state index < -0.39 is 17.3 Å². The van der Waals surface area contributed by atoms with Gasteiger partial charge in [-0.2, -0.15) is 18.3 Å². The first-order valence-corrected chi connectivity index (χ1v) is 5.83. The number of anilines is 2. The lowest BCUT2D eigenvalue weighted by molar-refractivity contribution is -0.137. The summed E-state index contributed by atoms with van der Waals surface area (Å²) in [6, 6.07) is 6.17. The van der Waals surface area contributed by atoms with Crippen LogP contribution >= 0.6 is 11.6 Å². The number of benzene rings is 1. The van der Waals surface area contributed by atoms with Crippen molar-refractivity contribution in [3.63, 3.8) is 0 Å². The van der Waals surface area contributed by atoms with E-state index in [0.29, 0.717) is 5.82 Å². The average molecular weight is 304 g/mol. The van der Waals surface area contributed by atoms with Gasteiger partial charge >= 0.3 is 6.18 Å². The summed E-state index contributed by atoms with van der Waals surface area (Å²) in [5.74, 6) is 0.306. The number of alkyl halides is 3. The molecular weight excluding hydrogens is 295 g/mol. The first-order valence-electron chi connectivity index (χ1n) is 5.45. The molecule has 0 aliphatic heterocycles. The van der Waals surface area contributed by atoms with Crippen LogP contribution in [0.2, 0.25) is 5.02 Å². The number of nitrogens with zero attached hydrogens (tertiary/aromatic N) is 2. The molecule has 0 fully saturated rings. The molecule has 0 saturated carbocycles. The number of nitrogens with one attached hydrogen (secondary N) is 1. The molecular formula is C12H9ClF3N3O. The fourth-order valence-corrected chi connectivity index (χ4v) is 1.82. The predicted octanol–water partition coefficient (Wildman–Crippen LogP) is 3.21. The Bertz CT molecular complexity index is 664. The highest BCUT2D eigenvalue weighted by Crippen LogP contribution is 2.37. The van der Waals surface area contributed by atoms with Crippen LogP contribution in [0, 0.1) is 0 Å². The SMILES string of the molecule is CN(c1ccc(Cl)c(C(F)(F)F)c1)c1ccc(=O)[nH]n1. The van der Waals surface area contributed by atoms with Gasteiger partial charge in [-0.15, -0.1) is 0 Å². The van der Waals surface area contributed by atoms with Gasteiger partial charge in [-0.25, -0.2) is 5.10 Å². The monoisotopic (exact) mass is 303 g/mol. The maximum Gasteiger partial charge on any atom is 0.417 e. The van der Waals surface area contributed by atoms with Crippen molar-refractivity contribution in [3.8, 4) is 0 Å².